The van der Waals surface area contributed by atoms with Crippen LogP contribution in [0.5, 0.6) is 5.75 Å². The average Bonchev–Trinajstić information content (AvgIpc) is 3.10. The van der Waals surface area contributed by atoms with E-state index in [1.807, 2.05) is 0 Å². The maximum absolute atomic E-state index is 13.5. The first-order chi connectivity index (χ1) is 7.70. The molecule has 16 heavy (non-hydrogen) atoms. The number of nitrogens with two attached hydrogens (primary N) is 1. The van der Waals surface area contributed by atoms with Crippen molar-refractivity contribution in [1.29, 1.82) is 0 Å². The van der Waals surface area contributed by atoms with Crippen LogP contribution in [-0.2, 0) is 0 Å². The largest absolute Gasteiger partial charge is 0.490 e. The van der Waals surface area contributed by atoms with Gasteiger partial charge in [0.1, 0.15) is 0 Å². The predicted molar refractivity (Wildman–Crippen MR) is 58.0 cm³/mol. The van der Waals surface area contributed by atoms with Crippen molar-refractivity contribution in [1.82, 2.24) is 0 Å². The zero-order chi connectivity index (χ0) is 11.5. The van der Waals surface area contributed by atoms with Gasteiger partial charge in [-0.3, -0.25) is 4.79 Å². The van der Waals surface area contributed by atoms with Crippen molar-refractivity contribution in [2.24, 2.45) is 11.7 Å². The van der Waals surface area contributed by atoms with Crippen LogP contribution in [0, 0.1) is 11.7 Å². The Morgan fingerprint density at radius 2 is 2.25 bits per heavy atom. The fraction of sp³-hybridized carbons (Fsp3) is 0.417. The van der Waals surface area contributed by atoms with Gasteiger partial charge in [-0.05, 0) is 37.0 Å². The first kappa shape index (κ1) is 11.1. The lowest BCUT2D eigenvalue weighted by Crippen LogP contribution is -2.13. The van der Waals surface area contributed by atoms with E-state index in [9.17, 15) is 9.18 Å². The Morgan fingerprint density at radius 3 is 2.81 bits per heavy atom. The second kappa shape index (κ2) is 4.61. The van der Waals surface area contributed by atoms with E-state index >= 15 is 0 Å². The van der Waals surface area contributed by atoms with Gasteiger partial charge >= 0.3 is 0 Å². The van der Waals surface area contributed by atoms with Crippen LogP contribution in [0.4, 0.5) is 4.39 Å². The van der Waals surface area contributed by atoms with E-state index in [4.69, 9.17) is 10.5 Å². The number of ketones is 1. The van der Waals surface area contributed by atoms with Gasteiger partial charge in [-0.25, -0.2) is 4.39 Å². The van der Waals surface area contributed by atoms with Crippen molar-refractivity contribution in [3.63, 3.8) is 0 Å². The molecule has 0 aliphatic heterocycles. The summed E-state index contributed by atoms with van der Waals surface area (Å²) in [6.07, 6.45) is 2.32. The number of carbonyl (C=O) groups is 1. The Bertz CT molecular complexity index is 402. The molecule has 0 atom stereocenters. The molecule has 2 N–H and O–H groups in total. The summed E-state index contributed by atoms with van der Waals surface area (Å²) in [5, 5.41) is 0. The summed E-state index contributed by atoms with van der Waals surface area (Å²) in [6, 6.07) is 4.21. The van der Waals surface area contributed by atoms with Crippen molar-refractivity contribution in [2.45, 2.75) is 12.8 Å². The Hall–Kier alpha value is -1.42. The van der Waals surface area contributed by atoms with Gasteiger partial charge in [0.2, 0.25) is 0 Å². The van der Waals surface area contributed by atoms with E-state index in [2.05, 4.69) is 0 Å². The molecule has 0 radical (unpaired) electrons. The molecule has 1 aromatic carbocycles. The molecule has 0 unspecified atom stereocenters. The van der Waals surface area contributed by atoms with E-state index in [1.54, 1.807) is 6.07 Å². The zero-order valence-electron chi connectivity index (χ0n) is 8.91. The van der Waals surface area contributed by atoms with Gasteiger partial charge in [-0.15, -0.1) is 0 Å². The monoisotopic (exact) mass is 223 g/mol. The Balaban J connectivity index is 2.05. The summed E-state index contributed by atoms with van der Waals surface area (Å²) >= 11 is 0. The Morgan fingerprint density at radius 1 is 1.50 bits per heavy atom. The van der Waals surface area contributed by atoms with Crippen LogP contribution >= 0.6 is 0 Å². The summed E-state index contributed by atoms with van der Waals surface area (Å²) in [5.41, 5.74) is 5.49. The van der Waals surface area contributed by atoms with Gasteiger partial charge in [0.25, 0.3) is 0 Å². The standard InChI is InChI=1S/C12H14FNO2/c13-10-5-9(11(15)6-14)3-4-12(10)16-7-8-1-2-8/h3-5,8H,1-2,6-7,14H2. The van der Waals surface area contributed by atoms with Crippen molar-refractivity contribution in [2.75, 3.05) is 13.2 Å². The summed E-state index contributed by atoms with van der Waals surface area (Å²) < 4.78 is 18.8. The minimum atomic E-state index is -0.500. The number of halogens is 1. The van der Waals surface area contributed by atoms with Crippen LogP contribution in [0.2, 0.25) is 0 Å². The molecular formula is C12H14FNO2. The molecule has 1 fully saturated rings. The van der Waals surface area contributed by atoms with Crippen molar-refractivity contribution >= 4 is 5.78 Å². The Labute approximate surface area is 93.4 Å². The lowest BCUT2D eigenvalue weighted by atomic mass is 10.1. The van der Waals surface area contributed by atoms with Gasteiger partial charge in [0.05, 0.1) is 13.2 Å². The van der Waals surface area contributed by atoms with E-state index in [-0.39, 0.29) is 18.1 Å². The second-order valence-electron chi connectivity index (χ2n) is 4.03. The van der Waals surface area contributed by atoms with Crippen molar-refractivity contribution < 1.29 is 13.9 Å². The first-order valence-corrected chi connectivity index (χ1v) is 5.36. The highest BCUT2D eigenvalue weighted by molar-refractivity contribution is 5.97. The highest BCUT2D eigenvalue weighted by Gasteiger charge is 2.22. The lowest BCUT2D eigenvalue weighted by molar-refractivity contribution is 0.100. The summed E-state index contributed by atoms with van der Waals surface area (Å²) in [4.78, 5) is 11.2. The minimum absolute atomic E-state index is 0.109. The molecule has 0 saturated heterocycles. The SMILES string of the molecule is NCC(=O)c1ccc(OCC2CC2)c(F)c1. The number of carbonyl (C=O) groups excluding carboxylic acids is 1. The van der Waals surface area contributed by atoms with Crippen molar-refractivity contribution in [3.8, 4) is 5.75 Å². The maximum atomic E-state index is 13.5. The van der Waals surface area contributed by atoms with E-state index < -0.39 is 5.82 Å². The normalized spacial score (nSPS) is 14.9. The van der Waals surface area contributed by atoms with E-state index in [1.165, 1.54) is 12.1 Å². The molecule has 0 aromatic heterocycles. The molecule has 0 heterocycles. The van der Waals surface area contributed by atoms with Crippen molar-refractivity contribution in [3.05, 3.63) is 29.6 Å². The van der Waals surface area contributed by atoms with E-state index in [0.717, 1.165) is 12.8 Å². The van der Waals surface area contributed by atoms with Crippen LogP contribution < -0.4 is 10.5 Å². The van der Waals surface area contributed by atoms with E-state index in [0.29, 0.717) is 18.1 Å². The number of hydrogen-bond donors (Lipinski definition) is 1. The highest BCUT2D eigenvalue weighted by Crippen LogP contribution is 2.30. The molecule has 0 spiro atoms. The highest BCUT2D eigenvalue weighted by atomic mass is 19.1. The average molecular weight is 223 g/mol. The summed E-state index contributed by atoms with van der Waals surface area (Å²) in [6.45, 7) is 0.447. The molecule has 3 nitrogen and oxygen atoms in total. The lowest BCUT2D eigenvalue weighted by Gasteiger charge is -2.07. The van der Waals surface area contributed by atoms with Gasteiger partial charge in [0, 0.05) is 5.56 Å². The predicted octanol–water partition coefficient (Wildman–Crippen LogP) is 1.76. The summed E-state index contributed by atoms with van der Waals surface area (Å²) in [7, 11) is 0. The van der Waals surface area contributed by atoms with Crippen LogP contribution in [0.3, 0.4) is 0 Å². The van der Waals surface area contributed by atoms with Crippen LogP contribution in [-0.4, -0.2) is 18.9 Å². The summed E-state index contributed by atoms with van der Waals surface area (Å²) in [5.74, 6) is 0.0119. The molecule has 0 amide bonds. The third-order valence-corrected chi connectivity index (χ3v) is 2.61. The first-order valence-electron chi connectivity index (χ1n) is 5.36. The molecular weight excluding hydrogens is 209 g/mol. The number of Topliss-reactive ketones (excluding diaryl/α,β-unsaturated/α-hetero) is 1. The number of rotatable bonds is 5. The van der Waals surface area contributed by atoms with Crippen LogP contribution in [0.25, 0.3) is 0 Å². The molecule has 4 heteroatoms. The maximum Gasteiger partial charge on any atom is 0.176 e. The third-order valence-electron chi connectivity index (χ3n) is 2.61. The number of ether oxygens (including phenoxy) is 1. The minimum Gasteiger partial charge on any atom is -0.490 e. The molecule has 1 aliphatic carbocycles. The molecule has 86 valence electrons. The zero-order valence-corrected chi connectivity index (χ0v) is 8.91. The third kappa shape index (κ3) is 2.58. The smallest absolute Gasteiger partial charge is 0.176 e. The van der Waals surface area contributed by atoms with Gasteiger partial charge in [0.15, 0.2) is 17.3 Å². The van der Waals surface area contributed by atoms with Crippen LogP contribution in [0.1, 0.15) is 23.2 Å². The fourth-order valence-corrected chi connectivity index (χ4v) is 1.40. The Kier molecular flexibility index (Phi) is 3.19. The number of benzene rings is 1. The fourth-order valence-electron chi connectivity index (χ4n) is 1.40. The molecule has 1 saturated carbocycles. The quantitative estimate of drug-likeness (QED) is 0.774. The van der Waals surface area contributed by atoms with Gasteiger partial charge < -0.3 is 10.5 Å². The topological polar surface area (TPSA) is 52.3 Å². The van der Waals surface area contributed by atoms with Crippen LogP contribution in [0.15, 0.2) is 18.2 Å². The molecule has 0 bridgehead atoms. The second-order valence-corrected chi connectivity index (χ2v) is 4.03. The van der Waals surface area contributed by atoms with Gasteiger partial charge in [-0.1, -0.05) is 0 Å². The number of hydrogen-bond acceptors (Lipinski definition) is 3. The van der Waals surface area contributed by atoms with Gasteiger partial charge in [-0.2, -0.15) is 0 Å². The molecule has 1 aliphatic rings. The molecule has 2 rings (SSSR count). The molecule has 1 aromatic rings.